The van der Waals surface area contributed by atoms with Gasteiger partial charge in [-0.25, -0.2) is 4.98 Å². The van der Waals surface area contributed by atoms with Gasteiger partial charge in [-0.2, -0.15) is 0 Å². The zero-order chi connectivity index (χ0) is 14.7. The Morgan fingerprint density at radius 3 is 2.62 bits per heavy atom. The molecule has 0 fully saturated rings. The fourth-order valence-corrected chi connectivity index (χ4v) is 1.97. The Hall–Kier alpha value is -2.40. The molecule has 0 spiro atoms. The Balaban J connectivity index is 1.97. The molecule has 0 aliphatic heterocycles. The molecule has 2 heterocycles. The molecule has 0 amide bonds. The quantitative estimate of drug-likeness (QED) is 0.732. The summed E-state index contributed by atoms with van der Waals surface area (Å²) in [7, 11) is 0. The van der Waals surface area contributed by atoms with Crippen molar-refractivity contribution in [1.29, 1.82) is 0 Å². The second-order valence-corrected chi connectivity index (χ2v) is 4.64. The molecular weight excluding hydrogens is 290 g/mol. The number of ether oxygens (including phenoxy) is 1. The summed E-state index contributed by atoms with van der Waals surface area (Å²) in [5, 5.41) is 8.77. The van der Waals surface area contributed by atoms with Crippen LogP contribution in [0.4, 0.5) is 0 Å². The third kappa shape index (κ3) is 2.87. The second-order valence-electron chi connectivity index (χ2n) is 4.21. The minimum Gasteiger partial charge on any atom is -0.477 e. The first-order valence-corrected chi connectivity index (χ1v) is 6.83. The molecule has 106 valence electrons. The van der Waals surface area contributed by atoms with E-state index in [4.69, 9.17) is 20.8 Å². The van der Waals surface area contributed by atoms with Crippen LogP contribution in [0.25, 0.3) is 22.9 Å². The molecule has 0 aliphatic carbocycles. The van der Waals surface area contributed by atoms with Crippen LogP contribution in [0, 0.1) is 0 Å². The lowest BCUT2D eigenvalue weighted by Gasteiger charge is -2.04. The van der Waals surface area contributed by atoms with Crippen molar-refractivity contribution in [2.24, 2.45) is 0 Å². The molecule has 3 rings (SSSR count). The number of benzene rings is 1. The average Bonchev–Trinajstić information content (AvgIpc) is 2.99. The topological polar surface area (TPSA) is 61.0 Å². The molecule has 0 radical (unpaired) electrons. The summed E-state index contributed by atoms with van der Waals surface area (Å²) in [6, 6.07) is 10.8. The predicted octanol–water partition coefficient (Wildman–Crippen LogP) is 3.85. The predicted molar refractivity (Wildman–Crippen MR) is 79.1 cm³/mol. The first kappa shape index (κ1) is 13.6. The van der Waals surface area contributed by atoms with Gasteiger partial charge in [-0.1, -0.05) is 11.6 Å². The van der Waals surface area contributed by atoms with Gasteiger partial charge in [-0.05, 0) is 43.3 Å². The Kier molecular flexibility index (Phi) is 3.83. The molecule has 2 aromatic heterocycles. The van der Waals surface area contributed by atoms with E-state index in [0.29, 0.717) is 34.9 Å². The summed E-state index contributed by atoms with van der Waals surface area (Å²) in [6.07, 6.45) is 1.66. The maximum absolute atomic E-state index is 5.86. The average molecular weight is 302 g/mol. The third-order valence-electron chi connectivity index (χ3n) is 2.80. The van der Waals surface area contributed by atoms with Crippen molar-refractivity contribution in [3.8, 4) is 28.8 Å². The van der Waals surface area contributed by atoms with E-state index in [1.165, 1.54) is 0 Å². The SMILES string of the molecule is CCOc1ncccc1-c1nnc(-c2ccc(Cl)cc2)o1. The van der Waals surface area contributed by atoms with Gasteiger partial charge in [-0.15, -0.1) is 10.2 Å². The molecule has 0 bridgehead atoms. The maximum atomic E-state index is 5.86. The molecule has 1 aromatic carbocycles. The lowest BCUT2D eigenvalue weighted by Crippen LogP contribution is -1.96. The van der Waals surface area contributed by atoms with Crippen molar-refractivity contribution >= 4 is 11.6 Å². The van der Waals surface area contributed by atoms with E-state index >= 15 is 0 Å². The summed E-state index contributed by atoms with van der Waals surface area (Å²) < 4.78 is 11.2. The van der Waals surface area contributed by atoms with Crippen molar-refractivity contribution in [1.82, 2.24) is 15.2 Å². The zero-order valence-corrected chi connectivity index (χ0v) is 12.0. The molecule has 6 heteroatoms. The maximum Gasteiger partial charge on any atom is 0.253 e. The first-order valence-electron chi connectivity index (χ1n) is 6.45. The Labute approximate surface area is 126 Å². The number of aromatic nitrogens is 3. The van der Waals surface area contributed by atoms with Crippen molar-refractivity contribution in [3.63, 3.8) is 0 Å². The van der Waals surface area contributed by atoms with Crippen LogP contribution in [0.2, 0.25) is 5.02 Å². The van der Waals surface area contributed by atoms with E-state index in [1.807, 2.05) is 25.1 Å². The van der Waals surface area contributed by atoms with Gasteiger partial charge < -0.3 is 9.15 Å². The van der Waals surface area contributed by atoms with Crippen LogP contribution in [0.5, 0.6) is 5.88 Å². The highest BCUT2D eigenvalue weighted by Gasteiger charge is 2.15. The smallest absolute Gasteiger partial charge is 0.253 e. The van der Waals surface area contributed by atoms with Crippen LogP contribution < -0.4 is 4.74 Å². The number of nitrogens with zero attached hydrogens (tertiary/aromatic N) is 3. The van der Waals surface area contributed by atoms with Gasteiger partial charge in [0.15, 0.2) is 0 Å². The summed E-state index contributed by atoms with van der Waals surface area (Å²) in [5.74, 6) is 1.27. The third-order valence-corrected chi connectivity index (χ3v) is 3.05. The van der Waals surface area contributed by atoms with Crippen LogP contribution in [0.1, 0.15) is 6.92 Å². The molecule has 0 aliphatic rings. The number of hydrogen-bond acceptors (Lipinski definition) is 5. The Morgan fingerprint density at radius 2 is 1.86 bits per heavy atom. The monoisotopic (exact) mass is 301 g/mol. The van der Waals surface area contributed by atoms with E-state index in [-0.39, 0.29) is 0 Å². The fourth-order valence-electron chi connectivity index (χ4n) is 1.85. The standard InChI is InChI=1S/C15H12ClN3O2/c1-2-20-14-12(4-3-9-17-14)15-19-18-13(21-15)10-5-7-11(16)8-6-10/h3-9H,2H2,1H3. The Morgan fingerprint density at radius 1 is 1.10 bits per heavy atom. The molecule has 5 nitrogen and oxygen atoms in total. The van der Waals surface area contributed by atoms with Crippen LogP contribution in [0.3, 0.4) is 0 Å². The van der Waals surface area contributed by atoms with Gasteiger partial charge in [0.05, 0.1) is 6.61 Å². The molecule has 0 unspecified atom stereocenters. The lowest BCUT2D eigenvalue weighted by atomic mass is 10.2. The van der Waals surface area contributed by atoms with E-state index in [1.54, 1.807) is 24.4 Å². The van der Waals surface area contributed by atoms with Crippen molar-refractivity contribution in [2.45, 2.75) is 6.92 Å². The normalized spacial score (nSPS) is 10.6. The van der Waals surface area contributed by atoms with E-state index in [9.17, 15) is 0 Å². The van der Waals surface area contributed by atoms with Crippen molar-refractivity contribution < 1.29 is 9.15 Å². The van der Waals surface area contributed by atoms with Crippen LogP contribution in [-0.2, 0) is 0 Å². The summed E-state index contributed by atoms with van der Waals surface area (Å²) in [4.78, 5) is 4.17. The van der Waals surface area contributed by atoms with E-state index < -0.39 is 0 Å². The number of pyridine rings is 1. The number of hydrogen-bond donors (Lipinski definition) is 0. The first-order chi connectivity index (χ1) is 10.3. The molecule has 3 aromatic rings. The van der Waals surface area contributed by atoms with Gasteiger partial charge in [0, 0.05) is 16.8 Å². The minimum atomic E-state index is 0.372. The summed E-state index contributed by atoms with van der Waals surface area (Å²) in [6.45, 7) is 2.41. The van der Waals surface area contributed by atoms with E-state index in [0.717, 1.165) is 5.56 Å². The summed E-state index contributed by atoms with van der Waals surface area (Å²) >= 11 is 5.86. The highest BCUT2D eigenvalue weighted by Crippen LogP contribution is 2.29. The van der Waals surface area contributed by atoms with Gasteiger partial charge in [0.1, 0.15) is 5.56 Å². The molecule has 0 saturated carbocycles. The van der Waals surface area contributed by atoms with Gasteiger partial charge in [0.25, 0.3) is 5.89 Å². The molecule has 21 heavy (non-hydrogen) atoms. The number of rotatable bonds is 4. The van der Waals surface area contributed by atoms with Crippen LogP contribution in [-0.4, -0.2) is 21.8 Å². The minimum absolute atomic E-state index is 0.372. The highest BCUT2D eigenvalue weighted by molar-refractivity contribution is 6.30. The van der Waals surface area contributed by atoms with Gasteiger partial charge in [-0.3, -0.25) is 0 Å². The van der Waals surface area contributed by atoms with Gasteiger partial charge >= 0.3 is 0 Å². The highest BCUT2D eigenvalue weighted by atomic mass is 35.5. The largest absolute Gasteiger partial charge is 0.477 e. The fraction of sp³-hybridized carbons (Fsp3) is 0.133. The van der Waals surface area contributed by atoms with Crippen molar-refractivity contribution in [2.75, 3.05) is 6.61 Å². The molecule has 0 saturated heterocycles. The lowest BCUT2D eigenvalue weighted by molar-refractivity contribution is 0.327. The van der Waals surface area contributed by atoms with E-state index in [2.05, 4.69) is 15.2 Å². The molecule has 0 atom stereocenters. The van der Waals surface area contributed by atoms with Crippen molar-refractivity contribution in [3.05, 3.63) is 47.6 Å². The van der Waals surface area contributed by atoms with Crippen LogP contribution >= 0.6 is 11.6 Å². The van der Waals surface area contributed by atoms with Crippen LogP contribution in [0.15, 0.2) is 47.0 Å². The second kappa shape index (κ2) is 5.93. The Bertz CT molecular complexity index is 741. The number of halogens is 1. The summed E-state index contributed by atoms with van der Waals surface area (Å²) in [5.41, 5.74) is 1.48. The molecule has 0 N–H and O–H groups in total. The zero-order valence-electron chi connectivity index (χ0n) is 11.3. The molecular formula is C15H12ClN3O2. The van der Waals surface area contributed by atoms with Gasteiger partial charge in [0.2, 0.25) is 11.8 Å².